The maximum atomic E-state index is 12.3. The maximum Gasteiger partial charge on any atom is 0.315 e. The molecule has 22 heavy (non-hydrogen) atoms. The molecule has 120 valence electrons. The summed E-state index contributed by atoms with van der Waals surface area (Å²) < 4.78 is 5.60. The molecule has 1 aromatic rings. The van der Waals surface area contributed by atoms with E-state index in [1.807, 2.05) is 12.1 Å². The predicted octanol–water partition coefficient (Wildman–Crippen LogP) is 2.77. The Morgan fingerprint density at radius 3 is 2.91 bits per heavy atom. The highest BCUT2D eigenvalue weighted by Crippen LogP contribution is 2.37. The van der Waals surface area contributed by atoms with Crippen LogP contribution in [0.1, 0.15) is 43.7 Å². The van der Waals surface area contributed by atoms with Crippen LogP contribution in [-0.4, -0.2) is 29.9 Å². The van der Waals surface area contributed by atoms with E-state index in [9.17, 15) is 9.90 Å². The van der Waals surface area contributed by atoms with Gasteiger partial charge in [-0.1, -0.05) is 36.6 Å². The molecule has 2 aliphatic rings. The van der Waals surface area contributed by atoms with Gasteiger partial charge in [0.05, 0.1) is 29.8 Å². The Kier molecular flexibility index (Phi) is 4.45. The Labute approximate surface area is 135 Å². The van der Waals surface area contributed by atoms with Crippen LogP contribution in [0.5, 0.6) is 5.75 Å². The van der Waals surface area contributed by atoms with Crippen LogP contribution in [0.2, 0.25) is 5.02 Å². The maximum absolute atomic E-state index is 12.3. The van der Waals surface area contributed by atoms with Crippen LogP contribution in [0.3, 0.4) is 0 Å². The Morgan fingerprint density at radius 1 is 1.41 bits per heavy atom. The summed E-state index contributed by atoms with van der Waals surface area (Å²) in [5, 5.41) is 16.1. The van der Waals surface area contributed by atoms with Gasteiger partial charge in [0.1, 0.15) is 5.75 Å². The topological polar surface area (TPSA) is 70.6 Å². The predicted molar refractivity (Wildman–Crippen MR) is 84.3 cm³/mol. The lowest BCUT2D eigenvalue weighted by Gasteiger charge is -2.31. The summed E-state index contributed by atoms with van der Waals surface area (Å²) >= 11 is 6.14. The Hall–Kier alpha value is -1.46. The monoisotopic (exact) mass is 324 g/mol. The molecule has 1 atom stereocenters. The van der Waals surface area contributed by atoms with Crippen LogP contribution < -0.4 is 15.4 Å². The first-order valence-electron chi connectivity index (χ1n) is 7.74. The second-order valence-electron chi connectivity index (χ2n) is 6.09. The van der Waals surface area contributed by atoms with Crippen molar-refractivity contribution in [3.63, 3.8) is 0 Å². The van der Waals surface area contributed by atoms with E-state index in [4.69, 9.17) is 16.3 Å². The average molecular weight is 325 g/mol. The molecule has 1 fully saturated rings. The first-order chi connectivity index (χ1) is 10.6. The smallest absolute Gasteiger partial charge is 0.315 e. The Balaban J connectivity index is 1.69. The zero-order chi connectivity index (χ0) is 15.6. The largest absolute Gasteiger partial charge is 0.492 e. The molecule has 1 heterocycles. The van der Waals surface area contributed by atoms with Crippen molar-refractivity contribution < 1.29 is 14.6 Å². The van der Waals surface area contributed by atoms with Gasteiger partial charge in [-0.3, -0.25) is 0 Å². The van der Waals surface area contributed by atoms with Crippen LogP contribution >= 0.6 is 11.6 Å². The van der Waals surface area contributed by atoms with E-state index in [-0.39, 0.29) is 18.7 Å². The van der Waals surface area contributed by atoms with Gasteiger partial charge in [-0.15, -0.1) is 0 Å². The quantitative estimate of drug-likeness (QED) is 0.800. The molecule has 2 amide bonds. The van der Waals surface area contributed by atoms with Crippen molar-refractivity contribution in [1.29, 1.82) is 0 Å². The highest BCUT2D eigenvalue weighted by Gasteiger charge is 2.35. The number of urea groups is 1. The fraction of sp³-hybridized carbons (Fsp3) is 0.562. The number of carbonyl (C=O) groups excluding carboxylic acids is 1. The van der Waals surface area contributed by atoms with E-state index in [1.165, 1.54) is 0 Å². The minimum absolute atomic E-state index is 0.0172. The number of aliphatic hydroxyl groups excluding tert-OH is 1. The highest BCUT2D eigenvalue weighted by atomic mass is 35.5. The standard InChI is InChI=1S/C16H21ClN2O3/c17-12-5-3-4-11-13(6-9-22-14(11)12)18-15(21)19-16(10-20)7-1-2-8-16/h3-5,13,20H,1-2,6-10H2,(H2,18,19,21). The summed E-state index contributed by atoms with van der Waals surface area (Å²) in [5.41, 5.74) is 0.435. The molecule has 0 radical (unpaired) electrons. The average Bonchev–Trinajstić information content (AvgIpc) is 2.97. The number of aliphatic hydroxyl groups is 1. The van der Waals surface area contributed by atoms with Gasteiger partial charge in [0, 0.05) is 12.0 Å². The molecule has 0 bridgehead atoms. The molecule has 0 saturated heterocycles. The summed E-state index contributed by atoms with van der Waals surface area (Å²) in [4.78, 5) is 12.3. The summed E-state index contributed by atoms with van der Waals surface area (Å²) in [7, 11) is 0. The number of fused-ring (bicyclic) bond motifs is 1. The van der Waals surface area contributed by atoms with E-state index in [1.54, 1.807) is 6.07 Å². The number of halogens is 1. The van der Waals surface area contributed by atoms with Crippen molar-refractivity contribution in [3.05, 3.63) is 28.8 Å². The van der Waals surface area contributed by atoms with Crippen LogP contribution in [0.4, 0.5) is 4.79 Å². The second-order valence-corrected chi connectivity index (χ2v) is 6.50. The van der Waals surface area contributed by atoms with Gasteiger partial charge in [-0.25, -0.2) is 4.79 Å². The Morgan fingerprint density at radius 2 is 2.18 bits per heavy atom. The van der Waals surface area contributed by atoms with Crippen molar-refractivity contribution in [3.8, 4) is 5.75 Å². The number of para-hydroxylation sites is 1. The molecule has 1 aromatic carbocycles. The van der Waals surface area contributed by atoms with Gasteiger partial charge in [-0.2, -0.15) is 0 Å². The zero-order valence-corrected chi connectivity index (χ0v) is 13.2. The van der Waals surface area contributed by atoms with Crippen LogP contribution in [0.25, 0.3) is 0 Å². The van der Waals surface area contributed by atoms with Gasteiger partial charge >= 0.3 is 6.03 Å². The number of nitrogens with one attached hydrogen (secondary N) is 2. The van der Waals surface area contributed by atoms with E-state index in [0.29, 0.717) is 23.8 Å². The van der Waals surface area contributed by atoms with Crippen LogP contribution in [0, 0.1) is 0 Å². The summed E-state index contributed by atoms with van der Waals surface area (Å²) in [6.07, 6.45) is 4.43. The van der Waals surface area contributed by atoms with Crippen molar-refractivity contribution in [2.45, 2.75) is 43.7 Å². The molecule has 6 heteroatoms. The first kappa shape index (κ1) is 15.4. The lowest BCUT2D eigenvalue weighted by atomic mass is 9.98. The number of amides is 2. The fourth-order valence-corrected chi connectivity index (χ4v) is 3.58. The van der Waals surface area contributed by atoms with Crippen molar-refractivity contribution in [2.75, 3.05) is 13.2 Å². The summed E-state index contributed by atoms with van der Waals surface area (Å²) in [6.45, 7) is 0.503. The van der Waals surface area contributed by atoms with E-state index >= 15 is 0 Å². The van der Waals surface area contributed by atoms with Crippen LogP contribution in [-0.2, 0) is 0 Å². The third-order valence-electron chi connectivity index (χ3n) is 4.57. The molecular weight excluding hydrogens is 304 g/mol. The highest BCUT2D eigenvalue weighted by molar-refractivity contribution is 6.32. The van der Waals surface area contributed by atoms with E-state index in [2.05, 4.69) is 10.6 Å². The number of rotatable bonds is 3. The third-order valence-corrected chi connectivity index (χ3v) is 4.87. The molecule has 3 N–H and O–H groups in total. The minimum Gasteiger partial charge on any atom is -0.492 e. The van der Waals surface area contributed by atoms with Crippen molar-refractivity contribution in [1.82, 2.24) is 10.6 Å². The molecule has 1 aliphatic heterocycles. The number of benzene rings is 1. The lowest BCUT2D eigenvalue weighted by molar-refractivity contribution is 0.160. The lowest BCUT2D eigenvalue weighted by Crippen LogP contribution is -2.53. The summed E-state index contributed by atoms with van der Waals surface area (Å²) in [5.74, 6) is 0.651. The normalized spacial score (nSPS) is 22.5. The molecule has 5 nitrogen and oxygen atoms in total. The molecule has 0 spiro atoms. The molecule has 1 saturated carbocycles. The zero-order valence-electron chi connectivity index (χ0n) is 12.4. The minimum atomic E-state index is -0.466. The fourth-order valence-electron chi connectivity index (χ4n) is 3.35. The molecule has 1 unspecified atom stereocenters. The number of hydrogen-bond donors (Lipinski definition) is 3. The van der Waals surface area contributed by atoms with Gasteiger partial charge in [0.2, 0.25) is 0 Å². The van der Waals surface area contributed by atoms with Gasteiger partial charge in [0.25, 0.3) is 0 Å². The second kappa shape index (κ2) is 6.34. The van der Waals surface area contributed by atoms with E-state index in [0.717, 1.165) is 31.2 Å². The Bertz CT molecular complexity index is 558. The number of carbonyl (C=O) groups is 1. The first-order valence-corrected chi connectivity index (χ1v) is 8.12. The molecule has 3 rings (SSSR count). The third kappa shape index (κ3) is 3.01. The van der Waals surface area contributed by atoms with E-state index < -0.39 is 5.54 Å². The molecule has 0 aromatic heterocycles. The van der Waals surface area contributed by atoms with Crippen LogP contribution in [0.15, 0.2) is 18.2 Å². The molecule has 1 aliphatic carbocycles. The van der Waals surface area contributed by atoms with Gasteiger partial charge < -0.3 is 20.5 Å². The van der Waals surface area contributed by atoms with Crippen molar-refractivity contribution in [2.24, 2.45) is 0 Å². The number of ether oxygens (including phenoxy) is 1. The number of hydrogen-bond acceptors (Lipinski definition) is 3. The SMILES string of the molecule is O=C(NC1CCOc2c(Cl)cccc21)NC1(CO)CCCC1. The molecular formula is C16H21ClN2O3. The van der Waals surface area contributed by atoms with Gasteiger partial charge in [0.15, 0.2) is 0 Å². The summed E-state index contributed by atoms with van der Waals surface area (Å²) in [6, 6.07) is 5.19. The van der Waals surface area contributed by atoms with Crippen molar-refractivity contribution >= 4 is 17.6 Å². The van der Waals surface area contributed by atoms with Gasteiger partial charge in [-0.05, 0) is 18.9 Å².